The Labute approximate surface area is 164 Å². The number of aromatic nitrogens is 2. The van der Waals surface area contributed by atoms with Gasteiger partial charge in [-0.2, -0.15) is 0 Å². The number of ether oxygens (including phenoxy) is 1. The van der Waals surface area contributed by atoms with E-state index in [0.29, 0.717) is 11.6 Å². The zero-order chi connectivity index (χ0) is 19.3. The van der Waals surface area contributed by atoms with E-state index < -0.39 is 0 Å². The molecular weight excluding hydrogens is 372 g/mol. The third-order valence-corrected chi connectivity index (χ3v) is 5.18. The molecule has 0 aromatic carbocycles. The van der Waals surface area contributed by atoms with Crippen LogP contribution in [-0.2, 0) is 9.53 Å². The minimum Gasteiger partial charge on any atom is -0.462 e. The van der Waals surface area contributed by atoms with Crippen LogP contribution in [0.4, 0.5) is 0 Å². The van der Waals surface area contributed by atoms with Crippen molar-refractivity contribution in [3.8, 4) is 0 Å². The van der Waals surface area contributed by atoms with Crippen molar-refractivity contribution in [1.82, 2.24) is 18.2 Å². The van der Waals surface area contributed by atoms with E-state index in [2.05, 4.69) is 42.2 Å². The van der Waals surface area contributed by atoms with Crippen LogP contribution in [0.15, 0.2) is 18.3 Å². The molecule has 6 nitrogen and oxygen atoms in total. The summed E-state index contributed by atoms with van der Waals surface area (Å²) >= 11 is 7.94. The molecule has 1 saturated heterocycles. The van der Waals surface area contributed by atoms with Crippen LogP contribution in [0, 0.1) is 6.92 Å². The van der Waals surface area contributed by atoms with E-state index in [4.69, 9.17) is 11.6 Å². The van der Waals surface area contributed by atoms with Gasteiger partial charge in [0.2, 0.25) is 0 Å². The summed E-state index contributed by atoms with van der Waals surface area (Å²) in [4.78, 5) is 16.2. The molecule has 3 heterocycles. The predicted molar refractivity (Wildman–Crippen MR) is 108 cm³/mol. The smallest absolute Gasteiger partial charge is 0.293 e. The van der Waals surface area contributed by atoms with Crippen LogP contribution in [0.1, 0.15) is 26.5 Å². The molecule has 0 saturated carbocycles. The highest BCUT2D eigenvalue weighted by molar-refractivity contribution is 7.95. The Morgan fingerprint density at radius 3 is 2.46 bits per heavy atom. The Balaban J connectivity index is 0.000000298. The van der Waals surface area contributed by atoms with Crippen LogP contribution in [-0.4, -0.2) is 63.5 Å². The van der Waals surface area contributed by atoms with E-state index in [1.807, 2.05) is 33.8 Å². The fraction of sp³-hybridized carbons (Fsp3) is 0.556. The lowest BCUT2D eigenvalue weighted by molar-refractivity contribution is -0.138. The first-order chi connectivity index (χ1) is 12.2. The standard InChI is InChI=1S/C13H17ClN4S.C5H10O2/c1-10-9-12-11(13(14)15-10)3-4-18(12)19-17-7-5-16(2)6-8-17;1-5(2,3)7-4-6/h3-4,9H,5-8H2,1-2H3;4H,1-3H3. The Bertz CT molecular complexity index is 737. The third kappa shape index (κ3) is 6.16. The summed E-state index contributed by atoms with van der Waals surface area (Å²) in [5.74, 6) is 0. The van der Waals surface area contributed by atoms with Gasteiger partial charge < -0.3 is 9.64 Å². The number of piperazine rings is 1. The van der Waals surface area contributed by atoms with E-state index in [0.717, 1.165) is 42.8 Å². The van der Waals surface area contributed by atoms with Crippen LogP contribution >= 0.6 is 23.7 Å². The Morgan fingerprint density at radius 2 is 1.92 bits per heavy atom. The van der Waals surface area contributed by atoms with Crippen molar-refractivity contribution < 1.29 is 9.53 Å². The van der Waals surface area contributed by atoms with Crippen LogP contribution in [0.3, 0.4) is 0 Å². The van der Waals surface area contributed by atoms with Gasteiger partial charge in [0.05, 0.1) is 5.52 Å². The average molecular weight is 399 g/mol. The lowest BCUT2D eigenvalue weighted by atomic mass is 10.2. The van der Waals surface area contributed by atoms with Gasteiger partial charge in [-0.1, -0.05) is 11.6 Å². The third-order valence-electron chi connectivity index (χ3n) is 3.80. The van der Waals surface area contributed by atoms with Crippen LogP contribution in [0.5, 0.6) is 0 Å². The van der Waals surface area contributed by atoms with Crippen molar-refractivity contribution in [3.05, 3.63) is 29.2 Å². The molecule has 3 rings (SSSR count). The maximum absolute atomic E-state index is 9.60. The molecule has 8 heteroatoms. The monoisotopic (exact) mass is 398 g/mol. The second-order valence-corrected chi connectivity index (χ2v) is 8.70. The number of hydrogen-bond donors (Lipinski definition) is 0. The van der Waals surface area contributed by atoms with Gasteiger partial charge in [0.25, 0.3) is 6.47 Å². The van der Waals surface area contributed by atoms with Crippen LogP contribution in [0.2, 0.25) is 5.15 Å². The number of carbonyl (C=O) groups is 1. The van der Waals surface area contributed by atoms with Gasteiger partial charge in [0.15, 0.2) is 0 Å². The zero-order valence-electron chi connectivity index (χ0n) is 16.0. The average Bonchev–Trinajstić information content (AvgIpc) is 2.92. The number of nitrogens with zero attached hydrogens (tertiary/aromatic N) is 4. The topological polar surface area (TPSA) is 50.6 Å². The van der Waals surface area contributed by atoms with Gasteiger partial charge in [-0.15, -0.1) is 0 Å². The van der Waals surface area contributed by atoms with Crippen molar-refractivity contribution in [2.45, 2.75) is 33.3 Å². The molecule has 1 fully saturated rings. The summed E-state index contributed by atoms with van der Waals surface area (Å²) < 4.78 is 9.12. The molecule has 2 aromatic heterocycles. The molecule has 26 heavy (non-hydrogen) atoms. The Morgan fingerprint density at radius 1 is 1.27 bits per heavy atom. The number of aryl methyl sites for hydroxylation is 1. The molecule has 0 atom stereocenters. The molecule has 2 aromatic rings. The fourth-order valence-electron chi connectivity index (χ4n) is 2.40. The van der Waals surface area contributed by atoms with Gasteiger partial charge >= 0.3 is 0 Å². The van der Waals surface area contributed by atoms with Crippen LogP contribution < -0.4 is 0 Å². The first-order valence-corrected chi connectivity index (χ1v) is 9.68. The molecule has 0 radical (unpaired) electrons. The van der Waals surface area contributed by atoms with Crippen molar-refractivity contribution in [2.75, 3.05) is 33.2 Å². The van der Waals surface area contributed by atoms with Gasteiger partial charge in [0, 0.05) is 55.6 Å². The molecule has 0 bridgehead atoms. The number of rotatable bonds is 3. The number of fused-ring (bicyclic) bond motifs is 1. The summed E-state index contributed by atoms with van der Waals surface area (Å²) in [6, 6.07) is 4.12. The minimum atomic E-state index is -0.318. The molecule has 1 aliphatic rings. The van der Waals surface area contributed by atoms with Gasteiger partial charge in [0.1, 0.15) is 10.8 Å². The van der Waals surface area contributed by atoms with Crippen molar-refractivity contribution >= 4 is 41.1 Å². The van der Waals surface area contributed by atoms with E-state index in [-0.39, 0.29) is 5.60 Å². The highest BCUT2D eigenvalue weighted by atomic mass is 35.5. The molecular formula is C18H27ClN4O2S. The molecule has 0 N–H and O–H groups in total. The highest BCUT2D eigenvalue weighted by Gasteiger charge is 2.16. The fourth-order valence-corrected chi connectivity index (χ4v) is 3.62. The SMILES string of the molecule is CC(C)(C)OC=O.Cc1cc2c(ccn2SN2CCN(C)CC2)c(Cl)n1. The summed E-state index contributed by atoms with van der Waals surface area (Å²) in [7, 11) is 2.17. The van der Waals surface area contributed by atoms with E-state index in [1.54, 1.807) is 12.1 Å². The van der Waals surface area contributed by atoms with E-state index in [9.17, 15) is 4.79 Å². The van der Waals surface area contributed by atoms with E-state index in [1.165, 1.54) is 0 Å². The summed E-state index contributed by atoms with van der Waals surface area (Å²) in [5, 5.41) is 1.61. The maximum Gasteiger partial charge on any atom is 0.293 e. The summed E-state index contributed by atoms with van der Waals surface area (Å²) in [6.45, 7) is 12.3. The number of carbonyl (C=O) groups excluding carboxylic acids is 1. The van der Waals surface area contributed by atoms with Gasteiger partial charge in [-0.3, -0.25) is 8.77 Å². The number of halogens is 1. The number of pyridine rings is 1. The summed E-state index contributed by atoms with van der Waals surface area (Å²) in [5.41, 5.74) is 1.78. The Kier molecular flexibility index (Phi) is 7.34. The first-order valence-electron chi connectivity index (χ1n) is 8.57. The van der Waals surface area contributed by atoms with E-state index >= 15 is 0 Å². The summed E-state index contributed by atoms with van der Waals surface area (Å²) in [6.07, 6.45) is 2.07. The maximum atomic E-state index is 9.60. The highest BCUT2D eigenvalue weighted by Crippen LogP contribution is 2.28. The zero-order valence-corrected chi connectivity index (χ0v) is 17.6. The quantitative estimate of drug-likeness (QED) is 0.447. The molecule has 144 valence electrons. The normalized spacial score (nSPS) is 16.2. The Hall–Kier alpha value is -1.28. The number of likely N-dealkylation sites (N-methyl/N-ethyl adjacent to an activating group) is 1. The van der Waals surface area contributed by atoms with Gasteiger partial charge in [-0.25, -0.2) is 9.29 Å². The van der Waals surface area contributed by atoms with Crippen molar-refractivity contribution in [2.24, 2.45) is 0 Å². The molecule has 1 aliphatic heterocycles. The van der Waals surface area contributed by atoms with Crippen LogP contribution in [0.25, 0.3) is 10.9 Å². The molecule has 0 spiro atoms. The first kappa shape index (κ1) is 21.0. The molecule has 0 aliphatic carbocycles. The van der Waals surface area contributed by atoms with Gasteiger partial charge in [-0.05, 0) is 46.9 Å². The predicted octanol–water partition coefficient (Wildman–Crippen LogP) is 3.61. The number of hydrogen-bond acceptors (Lipinski definition) is 6. The minimum absolute atomic E-state index is 0.318. The largest absolute Gasteiger partial charge is 0.462 e. The van der Waals surface area contributed by atoms with Crippen molar-refractivity contribution in [1.29, 1.82) is 0 Å². The lowest BCUT2D eigenvalue weighted by Crippen LogP contribution is -2.41. The second kappa shape index (κ2) is 9.08. The second-order valence-electron chi connectivity index (χ2n) is 7.27. The van der Waals surface area contributed by atoms with Crippen molar-refractivity contribution in [3.63, 3.8) is 0 Å². The molecule has 0 amide bonds. The molecule has 0 unspecified atom stereocenters. The lowest BCUT2D eigenvalue weighted by Gasteiger charge is -2.31.